The maximum absolute atomic E-state index is 12.9. The van der Waals surface area contributed by atoms with Crippen LogP contribution in [0, 0.1) is 0 Å². The van der Waals surface area contributed by atoms with E-state index in [0.29, 0.717) is 24.1 Å². The number of aromatic amines is 2. The number of aromatic nitrogens is 2. The third-order valence-electron chi connectivity index (χ3n) is 4.55. The van der Waals surface area contributed by atoms with Gasteiger partial charge in [0.15, 0.2) is 0 Å². The van der Waals surface area contributed by atoms with Gasteiger partial charge in [0.25, 0.3) is 0 Å². The van der Waals surface area contributed by atoms with Crippen molar-refractivity contribution in [2.75, 3.05) is 13.1 Å². The molecule has 1 aliphatic rings. The predicted octanol–water partition coefficient (Wildman–Crippen LogP) is 2.03. The summed E-state index contributed by atoms with van der Waals surface area (Å²) in [6.07, 6.45) is 0.812. The lowest BCUT2D eigenvalue weighted by molar-refractivity contribution is 0.473. The van der Waals surface area contributed by atoms with E-state index in [1.165, 1.54) is 22.0 Å². The van der Waals surface area contributed by atoms with Gasteiger partial charge in [0.1, 0.15) is 0 Å². The predicted molar refractivity (Wildman–Crippen MR) is 91.5 cm³/mol. The highest BCUT2D eigenvalue weighted by atomic mass is 32.2. The molecule has 2 aromatic carbocycles. The van der Waals surface area contributed by atoms with E-state index < -0.39 is 10.0 Å². The summed E-state index contributed by atoms with van der Waals surface area (Å²) in [6, 6.07) is 14.7. The highest BCUT2D eigenvalue weighted by Gasteiger charge is 2.33. The molecule has 1 atom stereocenters. The van der Waals surface area contributed by atoms with E-state index >= 15 is 0 Å². The van der Waals surface area contributed by atoms with Crippen molar-refractivity contribution in [2.45, 2.75) is 17.2 Å². The van der Waals surface area contributed by atoms with Gasteiger partial charge in [-0.3, -0.25) is 0 Å². The van der Waals surface area contributed by atoms with Crippen molar-refractivity contribution in [1.82, 2.24) is 14.3 Å². The molecular formula is C17H17N3O3S. The number of H-pyrrole nitrogens is 2. The Kier molecular flexibility index (Phi) is 3.54. The Morgan fingerprint density at radius 2 is 1.75 bits per heavy atom. The van der Waals surface area contributed by atoms with Crippen LogP contribution in [0.1, 0.15) is 17.9 Å². The minimum Gasteiger partial charge on any atom is -0.306 e. The van der Waals surface area contributed by atoms with Crippen molar-refractivity contribution >= 4 is 21.1 Å². The van der Waals surface area contributed by atoms with Gasteiger partial charge in [-0.1, -0.05) is 30.3 Å². The van der Waals surface area contributed by atoms with E-state index in [-0.39, 0.29) is 16.5 Å². The Morgan fingerprint density at radius 3 is 2.54 bits per heavy atom. The second-order valence-electron chi connectivity index (χ2n) is 6.05. The molecule has 0 bridgehead atoms. The molecule has 0 amide bonds. The zero-order valence-electron chi connectivity index (χ0n) is 12.9. The number of nitrogens with zero attached hydrogens (tertiary/aromatic N) is 1. The first kappa shape index (κ1) is 15.2. The number of nitrogens with one attached hydrogen (secondary N) is 2. The van der Waals surface area contributed by atoms with Gasteiger partial charge >= 0.3 is 5.69 Å². The second-order valence-corrected chi connectivity index (χ2v) is 7.98. The molecule has 3 aromatic rings. The standard InChI is InChI=1S/C17H17N3O3S/c21-17-18-15-7-6-14(10-16(15)19-17)24(22,23)20-9-8-13(11-20)12-4-2-1-3-5-12/h1-7,10,13H,8-9,11H2,(H2,18,19,21)/t13-/m0/s1. The van der Waals surface area contributed by atoms with Crippen LogP contribution < -0.4 is 5.69 Å². The summed E-state index contributed by atoms with van der Waals surface area (Å²) < 4.78 is 27.3. The molecule has 2 N–H and O–H groups in total. The smallest absolute Gasteiger partial charge is 0.306 e. The summed E-state index contributed by atoms with van der Waals surface area (Å²) in [7, 11) is -3.56. The van der Waals surface area contributed by atoms with Crippen molar-refractivity contribution < 1.29 is 8.42 Å². The van der Waals surface area contributed by atoms with Gasteiger partial charge in [-0.2, -0.15) is 4.31 Å². The minimum atomic E-state index is -3.56. The van der Waals surface area contributed by atoms with Gasteiger partial charge in [-0.15, -0.1) is 0 Å². The first-order chi connectivity index (χ1) is 11.5. The average Bonchev–Trinajstić information content (AvgIpc) is 3.21. The molecule has 124 valence electrons. The van der Waals surface area contributed by atoms with Crippen LogP contribution in [-0.2, 0) is 10.0 Å². The van der Waals surface area contributed by atoms with Crippen molar-refractivity contribution in [2.24, 2.45) is 0 Å². The monoisotopic (exact) mass is 343 g/mol. The van der Waals surface area contributed by atoms with Gasteiger partial charge in [-0.25, -0.2) is 13.2 Å². The first-order valence-electron chi connectivity index (χ1n) is 7.81. The van der Waals surface area contributed by atoms with Crippen LogP contribution in [0.25, 0.3) is 11.0 Å². The molecule has 4 rings (SSSR count). The summed E-state index contributed by atoms with van der Waals surface area (Å²) in [5, 5.41) is 0. The zero-order valence-corrected chi connectivity index (χ0v) is 13.7. The van der Waals surface area contributed by atoms with Gasteiger partial charge < -0.3 is 9.97 Å². The number of fused-ring (bicyclic) bond motifs is 1. The normalized spacial score (nSPS) is 19.1. The van der Waals surface area contributed by atoms with Crippen molar-refractivity contribution in [3.05, 3.63) is 64.6 Å². The van der Waals surface area contributed by atoms with Gasteiger partial charge in [0.05, 0.1) is 15.9 Å². The second kappa shape index (κ2) is 5.61. The first-order valence-corrected chi connectivity index (χ1v) is 9.25. The molecule has 0 spiro atoms. The van der Waals surface area contributed by atoms with Crippen LogP contribution in [0.2, 0.25) is 0 Å². The number of hydrogen-bond acceptors (Lipinski definition) is 3. The van der Waals surface area contributed by atoms with Crippen LogP contribution in [-0.4, -0.2) is 35.8 Å². The molecule has 0 unspecified atom stereocenters. The summed E-state index contributed by atoms with van der Waals surface area (Å²) in [5.41, 5.74) is 1.92. The Morgan fingerprint density at radius 1 is 1.00 bits per heavy atom. The van der Waals surface area contributed by atoms with Crippen LogP contribution in [0.5, 0.6) is 0 Å². The Bertz CT molecular complexity index is 1040. The van der Waals surface area contributed by atoms with Crippen LogP contribution >= 0.6 is 0 Å². The molecule has 1 saturated heterocycles. The van der Waals surface area contributed by atoms with Crippen molar-refractivity contribution in [1.29, 1.82) is 0 Å². The SMILES string of the molecule is O=c1[nH]c2ccc(S(=O)(=O)N3CC[C@H](c4ccccc4)C3)cc2[nH]1. The largest absolute Gasteiger partial charge is 0.323 e. The van der Waals surface area contributed by atoms with Crippen LogP contribution in [0.4, 0.5) is 0 Å². The highest BCUT2D eigenvalue weighted by molar-refractivity contribution is 7.89. The number of sulfonamides is 1. The fourth-order valence-electron chi connectivity index (χ4n) is 3.26. The van der Waals surface area contributed by atoms with Crippen LogP contribution in [0.15, 0.2) is 58.2 Å². The molecule has 2 heterocycles. The number of imidazole rings is 1. The zero-order chi connectivity index (χ0) is 16.7. The lowest BCUT2D eigenvalue weighted by Crippen LogP contribution is -2.28. The number of rotatable bonds is 3. The van der Waals surface area contributed by atoms with E-state index in [1.807, 2.05) is 30.3 Å². The molecule has 1 aromatic heterocycles. The molecular weight excluding hydrogens is 326 g/mol. The number of hydrogen-bond donors (Lipinski definition) is 2. The minimum absolute atomic E-state index is 0.207. The Labute approximate surface area is 139 Å². The average molecular weight is 343 g/mol. The fraction of sp³-hybridized carbons (Fsp3) is 0.235. The molecule has 0 aliphatic carbocycles. The molecule has 0 saturated carbocycles. The van der Waals surface area contributed by atoms with Crippen molar-refractivity contribution in [3.8, 4) is 0 Å². The molecule has 1 fully saturated rings. The van der Waals surface area contributed by atoms with Gasteiger partial charge in [-0.05, 0) is 36.1 Å². The van der Waals surface area contributed by atoms with Crippen molar-refractivity contribution in [3.63, 3.8) is 0 Å². The quantitative estimate of drug-likeness (QED) is 0.763. The summed E-state index contributed by atoms with van der Waals surface area (Å²) >= 11 is 0. The summed E-state index contributed by atoms with van der Waals surface area (Å²) in [4.78, 5) is 16.8. The molecule has 7 heteroatoms. The maximum atomic E-state index is 12.9. The lowest BCUT2D eigenvalue weighted by Gasteiger charge is -2.17. The molecule has 0 radical (unpaired) electrons. The summed E-state index contributed by atoms with van der Waals surface area (Å²) in [5.74, 6) is 0.219. The van der Waals surface area contributed by atoms with E-state index in [9.17, 15) is 13.2 Å². The highest BCUT2D eigenvalue weighted by Crippen LogP contribution is 2.31. The lowest BCUT2D eigenvalue weighted by atomic mass is 9.99. The third-order valence-corrected chi connectivity index (χ3v) is 6.41. The summed E-state index contributed by atoms with van der Waals surface area (Å²) in [6.45, 7) is 0.984. The fourth-order valence-corrected chi connectivity index (χ4v) is 4.79. The van der Waals surface area contributed by atoms with Gasteiger partial charge in [0.2, 0.25) is 10.0 Å². The van der Waals surface area contributed by atoms with E-state index in [1.54, 1.807) is 6.07 Å². The third kappa shape index (κ3) is 2.55. The number of benzene rings is 2. The maximum Gasteiger partial charge on any atom is 0.323 e. The molecule has 24 heavy (non-hydrogen) atoms. The van der Waals surface area contributed by atoms with E-state index in [2.05, 4.69) is 9.97 Å². The van der Waals surface area contributed by atoms with Gasteiger partial charge in [0, 0.05) is 13.1 Å². The van der Waals surface area contributed by atoms with Crippen LogP contribution in [0.3, 0.4) is 0 Å². The van der Waals surface area contributed by atoms with E-state index in [4.69, 9.17) is 0 Å². The molecule has 1 aliphatic heterocycles. The Balaban J connectivity index is 1.63. The molecule has 6 nitrogen and oxygen atoms in total. The Hall–Kier alpha value is -2.38. The van der Waals surface area contributed by atoms with E-state index in [0.717, 1.165) is 6.42 Å². The topological polar surface area (TPSA) is 86.0 Å².